The van der Waals surface area contributed by atoms with Gasteiger partial charge in [0.2, 0.25) is 17.6 Å². The smallest absolute Gasteiger partial charge is 0.315 e. The van der Waals surface area contributed by atoms with E-state index in [1.54, 1.807) is 4.31 Å². The first kappa shape index (κ1) is 38.4. The van der Waals surface area contributed by atoms with E-state index in [1.807, 2.05) is 55.5 Å². The molecule has 0 radical (unpaired) electrons. The molecule has 1 aliphatic heterocycles. The molecule has 5 amide bonds. The number of likely N-dealkylation sites (N-methyl/N-ethyl adjacent to an activating group) is 1. The molecule has 1 aliphatic rings. The SMILES string of the molecule is C=CCNC(=O)C(=O)C(CCC)NC(=O)C1CCCN1C(=O)C(NC(=O)NC(CNCCN(C)S)C(C)(C)C)C(C)(C)C. The van der Waals surface area contributed by atoms with Gasteiger partial charge in [-0.05, 0) is 37.1 Å². The van der Waals surface area contributed by atoms with E-state index < -0.39 is 47.2 Å². The van der Waals surface area contributed by atoms with Crippen LogP contribution in [0.1, 0.15) is 74.1 Å². The van der Waals surface area contributed by atoms with E-state index in [4.69, 9.17) is 0 Å². The molecule has 246 valence electrons. The van der Waals surface area contributed by atoms with E-state index in [0.29, 0.717) is 38.9 Å². The molecule has 5 N–H and O–H groups in total. The second kappa shape index (κ2) is 17.6. The standard InChI is InChI=1S/C30H55N7O5S/c1-10-13-20(23(38)26(40)32-15-11-2)33-25(39)21-14-12-17-37(21)27(41)24(30(6,7)8)35-28(42)34-22(29(3,4)5)19-31-16-18-36(9)43/h11,20-22,24,31,43H,2,10,12-19H2,1,3-9H3,(H,32,40)(H,33,39)(H2,34,35,42). The van der Waals surface area contributed by atoms with Crippen molar-refractivity contribution in [1.29, 1.82) is 0 Å². The molecule has 0 aromatic heterocycles. The third-order valence-electron chi connectivity index (χ3n) is 7.38. The molecule has 1 saturated heterocycles. The highest BCUT2D eigenvalue weighted by Crippen LogP contribution is 2.26. The largest absolute Gasteiger partial charge is 0.346 e. The second-order valence-electron chi connectivity index (χ2n) is 13.3. The van der Waals surface area contributed by atoms with Gasteiger partial charge in [-0.1, -0.05) is 73.8 Å². The summed E-state index contributed by atoms with van der Waals surface area (Å²) in [7, 11) is 1.86. The molecule has 4 unspecified atom stereocenters. The lowest BCUT2D eigenvalue weighted by molar-refractivity contribution is -0.143. The van der Waals surface area contributed by atoms with Gasteiger partial charge in [-0.25, -0.2) is 4.79 Å². The minimum absolute atomic E-state index is 0.137. The van der Waals surface area contributed by atoms with Crippen LogP contribution < -0.4 is 26.6 Å². The van der Waals surface area contributed by atoms with Gasteiger partial charge < -0.3 is 31.5 Å². The van der Waals surface area contributed by atoms with Gasteiger partial charge in [-0.2, -0.15) is 0 Å². The lowest BCUT2D eigenvalue weighted by Crippen LogP contribution is -2.61. The quantitative estimate of drug-likeness (QED) is 0.0660. The fraction of sp³-hybridized carbons (Fsp3) is 0.767. The summed E-state index contributed by atoms with van der Waals surface area (Å²) >= 11 is 4.25. The molecule has 0 spiro atoms. The number of thiol groups is 1. The predicted molar refractivity (Wildman–Crippen MR) is 172 cm³/mol. The average Bonchev–Trinajstić information content (AvgIpc) is 3.40. The summed E-state index contributed by atoms with van der Waals surface area (Å²) in [5, 5.41) is 14.4. The van der Waals surface area contributed by atoms with E-state index in [2.05, 4.69) is 46.0 Å². The second-order valence-corrected chi connectivity index (χ2v) is 14.0. The fourth-order valence-corrected chi connectivity index (χ4v) is 4.85. The molecule has 1 rings (SSSR count). The molecule has 1 heterocycles. The summed E-state index contributed by atoms with van der Waals surface area (Å²) in [4.78, 5) is 67.0. The predicted octanol–water partition coefficient (Wildman–Crippen LogP) is 1.63. The molecule has 4 atom stereocenters. The molecule has 0 saturated carbocycles. The zero-order valence-electron chi connectivity index (χ0n) is 27.3. The van der Waals surface area contributed by atoms with E-state index >= 15 is 0 Å². The molecule has 0 aromatic carbocycles. The highest BCUT2D eigenvalue weighted by atomic mass is 32.1. The number of rotatable bonds is 16. The van der Waals surface area contributed by atoms with Crippen LogP contribution in [0.4, 0.5) is 4.79 Å². The zero-order chi connectivity index (χ0) is 33.0. The lowest BCUT2D eigenvalue weighted by Gasteiger charge is -2.37. The Morgan fingerprint density at radius 1 is 1.05 bits per heavy atom. The Morgan fingerprint density at radius 3 is 2.23 bits per heavy atom. The number of urea groups is 1. The van der Waals surface area contributed by atoms with Crippen molar-refractivity contribution in [3.63, 3.8) is 0 Å². The minimum Gasteiger partial charge on any atom is -0.346 e. The number of Topliss-reactive ketones (excluding diaryl/α,β-unsaturated/α-hetero) is 1. The first-order valence-corrected chi connectivity index (χ1v) is 15.6. The van der Waals surface area contributed by atoms with Gasteiger partial charge in [0.15, 0.2) is 0 Å². The van der Waals surface area contributed by atoms with E-state index in [1.165, 1.54) is 11.0 Å². The number of carbonyl (C=O) groups is 5. The molecule has 0 aliphatic carbocycles. The number of nitrogens with one attached hydrogen (secondary N) is 5. The molecular formula is C30H55N7O5S. The number of hydrogen-bond donors (Lipinski definition) is 6. The van der Waals surface area contributed by atoms with E-state index in [0.717, 1.165) is 6.54 Å². The van der Waals surface area contributed by atoms with Crippen LogP contribution in [0.2, 0.25) is 0 Å². The lowest BCUT2D eigenvalue weighted by atomic mass is 9.85. The van der Waals surface area contributed by atoms with Gasteiger partial charge in [0, 0.05) is 38.8 Å². The number of likely N-dealkylation sites (tertiary alicyclic amines) is 1. The van der Waals surface area contributed by atoms with Crippen molar-refractivity contribution in [3.8, 4) is 0 Å². The monoisotopic (exact) mass is 625 g/mol. The molecule has 12 nitrogen and oxygen atoms in total. The van der Waals surface area contributed by atoms with Crippen LogP contribution in [0.15, 0.2) is 12.7 Å². The first-order valence-electron chi connectivity index (χ1n) is 15.2. The average molecular weight is 626 g/mol. The summed E-state index contributed by atoms with van der Waals surface area (Å²) < 4.78 is 1.77. The van der Waals surface area contributed by atoms with Crippen LogP contribution in [-0.4, -0.2) is 103 Å². The highest BCUT2D eigenvalue weighted by Gasteiger charge is 2.43. The molecule has 1 fully saturated rings. The van der Waals surface area contributed by atoms with E-state index in [-0.39, 0.29) is 30.3 Å². The van der Waals surface area contributed by atoms with Gasteiger partial charge >= 0.3 is 6.03 Å². The highest BCUT2D eigenvalue weighted by molar-refractivity contribution is 7.77. The Bertz CT molecular complexity index is 977. The minimum atomic E-state index is -1.00. The van der Waals surface area contributed by atoms with Crippen LogP contribution in [0.25, 0.3) is 0 Å². The summed E-state index contributed by atoms with van der Waals surface area (Å²) in [5.41, 5.74) is -0.916. The Hall–Kier alpha value is -2.64. The molecule has 0 aromatic rings. The number of ketones is 1. The normalized spacial score (nSPS) is 17.5. The summed E-state index contributed by atoms with van der Waals surface area (Å²) in [6, 6.07) is -3.43. The summed E-state index contributed by atoms with van der Waals surface area (Å²) in [5.74, 6) is -2.39. The van der Waals surface area contributed by atoms with Crippen LogP contribution in [-0.2, 0) is 19.2 Å². The van der Waals surface area contributed by atoms with Crippen molar-refractivity contribution in [3.05, 3.63) is 12.7 Å². The van der Waals surface area contributed by atoms with Crippen molar-refractivity contribution in [2.45, 2.75) is 98.3 Å². The van der Waals surface area contributed by atoms with Gasteiger partial charge in [-0.15, -0.1) is 6.58 Å². The Labute approximate surface area is 263 Å². The number of carbonyl (C=O) groups excluding carboxylic acids is 5. The van der Waals surface area contributed by atoms with Crippen LogP contribution in [0.5, 0.6) is 0 Å². The Morgan fingerprint density at radius 2 is 1.70 bits per heavy atom. The molecular weight excluding hydrogens is 570 g/mol. The van der Waals surface area contributed by atoms with Gasteiger partial charge in [0.1, 0.15) is 12.1 Å². The number of nitrogens with zero attached hydrogens (tertiary/aromatic N) is 2. The molecule has 0 bridgehead atoms. The third-order valence-corrected chi connectivity index (χ3v) is 7.58. The summed E-state index contributed by atoms with van der Waals surface area (Å²) in [6.07, 6.45) is 3.33. The van der Waals surface area contributed by atoms with Crippen molar-refractivity contribution >= 4 is 42.4 Å². The zero-order valence-corrected chi connectivity index (χ0v) is 28.2. The third kappa shape index (κ3) is 12.9. The Kier molecular flexibility index (Phi) is 15.7. The van der Waals surface area contributed by atoms with Gasteiger partial charge in [-0.3, -0.25) is 23.5 Å². The maximum absolute atomic E-state index is 13.9. The van der Waals surface area contributed by atoms with Crippen molar-refractivity contribution in [2.24, 2.45) is 10.8 Å². The van der Waals surface area contributed by atoms with Crippen molar-refractivity contribution in [2.75, 3.05) is 39.8 Å². The summed E-state index contributed by atoms with van der Waals surface area (Å²) in [6.45, 7) is 19.5. The maximum atomic E-state index is 13.9. The topological polar surface area (TPSA) is 152 Å². The van der Waals surface area contributed by atoms with Crippen LogP contribution in [0.3, 0.4) is 0 Å². The number of hydrogen-bond acceptors (Lipinski definition) is 8. The van der Waals surface area contributed by atoms with Crippen molar-refractivity contribution in [1.82, 2.24) is 35.8 Å². The van der Waals surface area contributed by atoms with Crippen molar-refractivity contribution < 1.29 is 24.0 Å². The van der Waals surface area contributed by atoms with Crippen LogP contribution in [0, 0.1) is 10.8 Å². The van der Waals surface area contributed by atoms with Gasteiger partial charge in [0.05, 0.1) is 6.04 Å². The van der Waals surface area contributed by atoms with E-state index in [9.17, 15) is 24.0 Å². The maximum Gasteiger partial charge on any atom is 0.315 e. The number of amides is 5. The Balaban J connectivity index is 3.03. The van der Waals surface area contributed by atoms with Crippen LogP contribution >= 0.6 is 12.8 Å². The van der Waals surface area contributed by atoms with Gasteiger partial charge in [0.25, 0.3) is 5.91 Å². The molecule has 43 heavy (non-hydrogen) atoms. The molecule has 13 heteroatoms. The fourth-order valence-electron chi connectivity index (χ4n) is 4.75. The first-order chi connectivity index (χ1) is 19.9.